The number of fused-ring (bicyclic) bond motifs is 2. The van der Waals surface area contributed by atoms with Crippen LogP contribution < -0.4 is 22.1 Å². The normalized spacial score (nSPS) is 13.3. The Balaban J connectivity index is 1.24. The van der Waals surface area contributed by atoms with Crippen molar-refractivity contribution in [2.24, 2.45) is 11.5 Å². The van der Waals surface area contributed by atoms with E-state index in [4.69, 9.17) is 11.5 Å². The monoisotopic (exact) mass is 690 g/mol. The lowest BCUT2D eigenvalue weighted by Gasteiger charge is -2.16. The summed E-state index contributed by atoms with van der Waals surface area (Å²) in [7, 11) is 0. The summed E-state index contributed by atoms with van der Waals surface area (Å²) >= 11 is 0. The Morgan fingerprint density at radius 2 is 0.902 bits per heavy atom. The van der Waals surface area contributed by atoms with Gasteiger partial charge in [0.25, 0.3) is 35.4 Å². The minimum absolute atomic E-state index is 0.0192. The molecule has 2 heterocycles. The number of carbonyl (C=O) groups is 8. The molecular weight excluding hydrogens is 664 g/mol. The van der Waals surface area contributed by atoms with Gasteiger partial charge >= 0.3 is 11.9 Å². The Morgan fingerprint density at radius 1 is 0.510 bits per heavy atom. The van der Waals surface area contributed by atoms with Gasteiger partial charge in [-0.25, -0.2) is 9.59 Å². The van der Waals surface area contributed by atoms with E-state index in [-0.39, 0.29) is 63.4 Å². The standard InChI is InChI=1S/C35H26N6O10/c36-13-38-28(42)24-9-16(3-7-22(24)34(48)49)17-4-8-23(35(50)51)25(10-17)29(43)39-15-41-31(45)21-6-2-19(12-27(21)33(41)47)18-1-5-20-26(11-18)32(46)40(14-37)30(20)44/h1-12H,13-15,36-37H2,(H,38,42)(H,39,43)(H,48,49)(H,50,51). The lowest BCUT2D eigenvalue weighted by molar-refractivity contribution is 0.0621. The van der Waals surface area contributed by atoms with Gasteiger partial charge in [0.05, 0.1) is 57.8 Å². The number of imide groups is 2. The van der Waals surface area contributed by atoms with Crippen LogP contribution in [-0.2, 0) is 0 Å². The quantitative estimate of drug-likeness (QED) is 0.102. The maximum atomic E-state index is 13.4. The molecule has 256 valence electrons. The van der Waals surface area contributed by atoms with E-state index in [1.54, 1.807) is 12.1 Å². The molecule has 0 atom stereocenters. The van der Waals surface area contributed by atoms with E-state index in [9.17, 15) is 48.6 Å². The van der Waals surface area contributed by atoms with Crippen molar-refractivity contribution in [2.45, 2.75) is 0 Å². The number of carboxylic acids is 2. The summed E-state index contributed by atoms with van der Waals surface area (Å²) in [5.41, 5.74) is 11.5. The SMILES string of the molecule is NCNC(=O)c1cc(-c2ccc(C(=O)O)c(C(=O)NCN3C(=O)c4ccc(-c5ccc6c(c5)C(=O)N(CN)C6=O)cc4C3=O)c2)ccc1C(=O)O. The largest absolute Gasteiger partial charge is 0.478 e. The van der Waals surface area contributed by atoms with Gasteiger partial charge in [0, 0.05) is 0 Å². The molecule has 0 spiro atoms. The van der Waals surface area contributed by atoms with Crippen molar-refractivity contribution in [3.8, 4) is 22.3 Å². The van der Waals surface area contributed by atoms with Crippen LogP contribution in [0.3, 0.4) is 0 Å². The molecule has 0 radical (unpaired) electrons. The Labute approximate surface area is 287 Å². The van der Waals surface area contributed by atoms with Crippen molar-refractivity contribution in [3.05, 3.63) is 117 Å². The maximum absolute atomic E-state index is 13.4. The van der Waals surface area contributed by atoms with Crippen LogP contribution >= 0.6 is 0 Å². The van der Waals surface area contributed by atoms with Crippen LogP contribution in [0.2, 0.25) is 0 Å². The van der Waals surface area contributed by atoms with E-state index in [1.165, 1.54) is 54.6 Å². The molecule has 2 aliphatic heterocycles. The lowest BCUT2D eigenvalue weighted by Crippen LogP contribution is -2.41. The third-order valence-corrected chi connectivity index (χ3v) is 8.44. The Hall–Kier alpha value is -7.04. The van der Waals surface area contributed by atoms with Gasteiger partial charge in [-0.3, -0.25) is 38.6 Å². The predicted molar refractivity (Wildman–Crippen MR) is 177 cm³/mol. The number of carboxylic acid groups (broad SMARTS) is 2. The van der Waals surface area contributed by atoms with Crippen LogP contribution in [0, 0.1) is 0 Å². The molecule has 0 fully saturated rings. The summed E-state index contributed by atoms with van der Waals surface area (Å²) in [5, 5.41) is 24.0. The number of hydrogen-bond donors (Lipinski definition) is 6. The fourth-order valence-corrected chi connectivity index (χ4v) is 5.88. The highest BCUT2D eigenvalue weighted by Gasteiger charge is 2.37. The molecule has 4 aromatic carbocycles. The number of benzene rings is 4. The average molecular weight is 691 g/mol. The fraction of sp³-hybridized carbons (Fsp3) is 0.0857. The third kappa shape index (κ3) is 5.85. The highest BCUT2D eigenvalue weighted by molar-refractivity contribution is 6.23. The summed E-state index contributed by atoms with van der Waals surface area (Å²) in [6, 6.07) is 16.6. The first-order chi connectivity index (χ1) is 24.4. The number of nitrogens with one attached hydrogen (secondary N) is 2. The highest BCUT2D eigenvalue weighted by Crippen LogP contribution is 2.32. The molecular formula is C35H26N6O10. The van der Waals surface area contributed by atoms with Crippen LogP contribution in [0.1, 0.15) is 82.9 Å². The molecule has 0 aromatic heterocycles. The van der Waals surface area contributed by atoms with Crippen LogP contribution in [0.25, 0.3) is 22.3 Å². The number of hydrogen-bond acceptors (Lipinski definition) is 10. The second-order valence-corrected chi connectivity index (χ2v) is 11.3. The fourth-order valence-electron chi connectivity index (χ4n) is 5.88. The minimum atomic E-state index is -1.45. The summed E-state index contributed by atoms with van der Waals surface area (Å²) in [6.45, 7) is -1.17. The van der Waals surface area contributed by atoms with E-state index >= 15 is 0 Å². The molecule has 0 saturated heterocycles. The Bertz CT molecular complexity index is 2270. The molecule has 4 aromatic rings. The molecule has 2 aliphatic rings. The van der Waals surface area contributed by atoms with Crippen LogP contribution in [0.5, 0.6) is 0 Å². The van der Waals surface area contributed by atoms with Gasteiger partial charge in [-0.1, -0.05) is 24.3 Å². The summed E-state index contributed by atoms with van der Waals surface area (Å²) in [6.07, 6.45) is 0. The lowest BCUT2D eigenvalue weighted by atomic mass is 9.95. The van der Waals surface area contributed by atoms with Gasteiger partial charge in [-0.2, -0.15) is 0 Å². The first-order valence-corrected chi connectivity index (χ1v) is 15.1. The smallest absolute Gasteiger partial charge is 0.336 e. The van der Waals surface area contributed by atoms with Crippen molar-refractivity contribution >= 4 is 47.4 Å². The van der Waals surface area contributed by atoms with Gasteiger partial charge in [0.15, 0.2) is 0 Å². The molecule has 0 saturated carbocycles. The van der Waals surface area contributed by atoms with E-state index < -0.39 is 59.6 Å². The molecule has 6 amide bonds. The van der Waals surface area contributed by atoms with Crippen molar-refractivity contribution in [2.75, 3.05) is 20.0 Å². The van der Waals surface area contributed by atoms with Crippen LogP contribution in [-0.4, -0.2) is 87.4 Å². The topological polar surface area (TPSA) is 260 Å². The molecule has 8 N–H and O–H groups in total. The minimum Gasteiger partial charge on any atom is -0.478 e. The van der Waals surface area contributed by atoms with E-state index in [1.807, 2.05) is 0 Å². The maximum Gasteiger partial charge on any atom is 0.336 e. The number of aromatic carboxylic acids is 2. The van der Waals surface area contributed by atoms with Crippen molar-refractivity contribution in [3.63, 3.8) is 0 Å². The molecule has 16 nitrogen and oxygen atoms in total. The predicted octanol–water partition coefficient (Wildman–Crippen LogP) is 1.56. The number of nitrogens with two attached hydrogens (primary N) is 2. The van der Waals surface area contributed by atoms with Gasteiger partial charge in [0.1, 0.15) is 6.67 Å². The van der Waals surface area contributed by atoms with Gasteiger partial charge in [0.2, 0.25) is 0 Å². The Kier molecular flexibility index (Phi) is 8.70. The third-order valence-electron chi connectivity index (χ3n) is 8.44. The van der Waals surface area contributed by atoms with Crippen LogP contribution in [0.4, 0.5) is 0 Å². The number of carbonyl (C=O) groups excluding carboxylic acids is 6. The molecule has 0 aliphatic carbocycles. The molecule has 51 heavy (non-hydrogen) atoms. The number of amides is 6. The second-order valence-electron chi connectivity index (χ2n) is 11.3. The Morgan fingerprint density at radius 3 is 1.35 bits per heavy atom. The molecule has 0 unspecified atom stereocenters. The van der Waals surface area contributed by atoms with Gasteiger partial charge in [-0.05, 0) is 70.8 Å². The summed E-state index contributed by atoms with van der Waals surface area (Å²) in [4.78, 5) is 103. The van der Waals surface area contributed by atoms with Crippen molar-refractivity contribution in [1.82, 2.24) is 20.4 Å². The summed E-state index contributed by atoms with van der Waals surface area (Å²) in [5.74, 6) is -7.06. The van der Waals surface area contributed by atoms with Crippen LogP contribution in [0.15, 0.2) is 72.8 Å². The van der Waals surface area contributed by atoms with Crippen molar-refractivity contribution in [1.29, 1.82) is 0 Å². The number of rotatable bonds is 10. The zero-order chi connectivity index (χ0) is 36.7. The number of nitrogens with zero attached hydrogens (tertiary/aromatic N) is 2. The highest BCUT2D eigenvalue weighted by atomic mass is 16.4. The van der Waals surface area contributed by atoms with E-state index in [0.717, 1.165) is 15.9 Å². The van der Waals surface area contributed by atoms with E-state index in [0.29, 0.717) is 11.1 Å². The molecule has 16 heteroatoms. The summed E-state index contributed by atoms with van der Waals surface area (Å²) < 4.78 is 0. The first-order valence-electron chi connectivity index (χ1n) is 15.1. The first kappa shape index (κ1) is 33.8. The van der Waals surface area contributed by atoms with E-state index in [2.05, 4.69) is 10.6 Å². The zero-order valence-corrected chi connectivity index (χ0v) is 26.3. The molecule has 6 rings (SSSR count). The van der Waals surface area contributed by atoms with Gasteiger partial charge in [-0.15, -0.1) is 0 Å². The second kappa shape index (κ2) is 13.1. The van der Waals surface area contributed by atoms with Gasteiger partial charge < -0.3 is 32.3 Å². The van der Waals surface area contributed by atoms with Crippen molar-refractivity contribution < 1.29 is 48.6 Å². The average Bonchev–Trinajstić information content (AvgIpc) is 3.51. The zero-order valence-electron chi connectivity index (χ0n) is 26.3. The molecule has 0 bridgehead atoms.